The molecule has 7 heteroatoms. The molecule has 1 unspecified atom stereocenters. The number of carbonyl (C=O) groups excluding carboxylic acids is 2. The number of ether oxygens (including phenoxy) is 2. The van der Waals surface area contributed by atoms with E-state index in [9.17, 15) is 9.59 Å². The van der Waals surface area contributed by atoms with E-state index in [1.165, 1.54) is 6.42 Å². The number of nitrogens with zero attached hydrogens (tertiary/aromatic N) is 3. The van der Waals surface area contributed by atoms with Crippen LogP contribution < -0.4 is 9.47 Å². The number of amides is 2. The molecule has 4 rings (SSSR count). The number of piperidine rings is 1. The number of hydrogen-bond donors (Lipinski definition) is 0. The van der Waals surface area contributed by atoms with Crippen LogP contribution in [-0.2, 0) is 16.0 Å². The number of hydrogen-bond acceptors (Lipinski definition) is 5. The van der Waals surface area contributed by atoms with Crippen LogP contribution in [0.3, 0.4) is 0 Å². The molecule has 0 aliphatic carbocycles. The summed E-state index contributed by atoms with van der Waals surface area (Å²) in [6.45, 7) is 6.70. The summed E-state index contributed by atoms with van der Waals surface area (Å²) in [7, 11) is 0. The Kier molecular flexibility index (Phi) is 6.23. The van der Waals surface area contributed by atoms with Crippen LogP contribution in [0.15, 0.2) is 18.2 Å². The van der Waals surface area contributed by atoms with Crippen LogP contribution >= 0.6 is 0 Å². The van der Waals surface area contributed by atoms with E-state index < -0.39 is 0 Å². The molecular weight excluding hydrogens is 370 g/mol. The van der Waals surface area contributed by atoms with E-state index >= 15 is 0 Å². The smallest absolute Gasteiger partial charge is 0.236 e. The lowest BCUT2D eigenvalue weighted by Gasteiger charge is -2.38. The van der Waals surface area contributed by atoms with E-state index in [1.54, 1.807) is 0 Å². The molecule has 2 fully saturated rings. The Morgan fingerprint density at radius 3 is 2.59 bits per heavy atom. The number of carbonyl (C=O) groups is 2. The quantitative estimate of drug-likeness (QED) is 0.754. The molecule has 158 valence electrons. The van der Waals surface area contributed by atoms with Gasteiger partial charge in [-0.15, -0.1) is 0 Å². The van der Waals surface area contributed by atoms with Crippen molar-refractivity contribution in [3.8, 4) is 11.5 Å². The van der Waals surface area contributed by atoms with Gasteiger partial charge in [-0.3, -0.25) is 14.5 Å². The van der Waals surface area contributed by atoms with E-state index in [2.05, 4.69) is 11.8 Å². The van der Waals surface area contributed by atoms with Gasteiger partial charge < -0.3 is 19.3 Å². The van der Waals surface area contributed by atoms with Crippen LogP contribution in [0.25, 0.3) is 0 Å². The van der Waals surface area contributed by atoms with Crippen LogP contribution in [0.5, 0.6) is 11.5 Å². The topological polar surface area (TPSA) is 62.3 Å². The second-order valence-corrected chi connectivity index (χ2v) is 8.28. The number of aryl methyl sites for hydroxylation is 1. The molecule has 0 aromatic heterocycles. The monoisotopic (exact) mass is 401 g/mol. The fourth-order valence-electron chi connectivity index (χ4n) is 4.41. The summed E-state index contributed by atoms with van der Waals surface area (Å²) in [4.78, 5) is 31.4. The van der Waals surface area contributed by atoms with Gasteiger partial charge >= 0.3 is 0 Å². The zero-order valence-corrected chi connectivity index (χ0v) is 17.3. The van der Waals surface area contributed by atoms with Crippen molar-refractivity contribution in [2.75, 3.05) is 46.1 Å². The van der Waals surface area contributed by atoms with Crippen molar-refractivity contribution in [2.24, 2.45) is 0 Å². The first kappa shape index (κ1) is 20.0. The van der Waals surface area contributed by atoms with Crippen molar-refractivity contribution in [3.63, 3.8) is 0 Å². The zero-order chi connectivity index (χ0) is 20.2. The fraction of sp³-hybridized carbons (Fsp3) is 0.636. The number of benzene rings is 1. The minimum atomic E-state index is 0.179. The largest absolute Gasteiger partial charge is 0.454 e. The molecule has 3 aliphatic heterocycles. The molecule has 0 spiro atoms. The molecule has 1 atom stereocenters. The Labute approximate surface area is 172 Å². The Morgan fingerprint density at radius 1 is 1.00 bits per heavy atom. The third-order valence-electron chi connectivity index (χ3n) is 6.27. The molecular formula is C22H31N3O4. The summed E-state index contributed by atoms with van der Waals surface area (Å²) in [5.74, 6) is 1.94. The Hall–Kier alpha value is -2.28. The highest BCUT2D eigenvalue weighted by Gasteiger charge is 2.27. The summed E-state index contributed by atoms with van der Waals surface area (Å²) in [5.41, 5.74) is 1.09. The van der Waals surface area contributed by atoms with Crippen LogP contribution in [0, 0.1) is 0 Å². The first-order chi connectivity index (χ1) is 14.1. The van der Waals surface area contributed by atoms with Gasteiger partial charge in [-0.05, 0) is 50.3 Å². The standard InChI is InChI=1S/C22H31N3O4/c1-17-4-2-3-9-25(17)22(27)15-23-10-12-24(13-11-23)21(26)8-6-18-5-7-19-20(14-18)29-16-28-19/h5,7,14,17H,2-4,6,8-13,15-16H2,1H3. The molecule has 3 aliphatic rings. The molecule has 2 saturated heterocycles. The third kappa shape index (κ3) is 4.83. The Morgan fingerprint density at radius 2 is 1.79 bits per heavy atom. The maximum absolute atomic E-state index is 12.6. The van der Waals surface area contributed by atoms with E-state index in [0.717, 1.165) is 49.5 Å². The highest BCUT2D eigenvalue weighted by atomic mass is 16.7. The second-order valence-electron chi connectivity index (χ2n) is 8.28. The first-order valence-electron chi connectivity index (χ1n) is 10.8. The normalized spacial score (nSPS) is 22.0. The van der Waals surface area contributed by atoms with Gasteiger partial charge in [0.15, 0.2) is 11.5 Å². The number of rotatable bonds is 5. The highest BCUT2D eigenvalue weighted by molar-refractivity contribution is 5.79. The summed E-state index contributed by atoms with van der Waals surface area (Å²) >= 11 is 0. The zero-order valence-electron chi connectivity index (χ0n) is 17.3. The molecule has 3 heterocycles. The molecule has 0 saturated carbocycles. The number of likely N-dealkylation sites (tertiary alicyclic amines) is 1. The summed E-state index contributed by atoms with van der Waals surface area (Å²) in [5, 5.41) is 0. The van der Waals surface area contributed by atoms with Crippen LogP contribution in [0.1, 0.15) is 38.2 Å². The average molecular weight is 402 g/mol. The van der Waals surface area contributed by atoms with Crippen LogP contribution in [0.2, 0.25) is 0 Å². The van der Waals surface area contributed by atoms with Crippen LogP contribution in [-0.4, -0.2) is 78.6 Å². The number of fused-ring (bicyclic) bond motifs is 1. The SMILES string of the molecule is CC1CCCCN1C(=O)CN1CCN(C(=O)CCc2ccc3c(c2)OCO3)CC1. The van der Waals surface area contributed by atoms with Crippen molar-refractivity contribution in [1.82, 2.24) is 14.7 Å². The molecule has 0 N–H and O–H groups in total. The lowest BCUT2D eigenvalue weighted by molar-refractivity contribution is -0.137. The molecule has 1 aromatic carbocycles. The van der Waals surface area contributed by atoms with Gasteiger partial charge in [0, 0.05) is 45.2 Å². The number of piperazine rings is 1. The summed E-state index contributed by atoms with van der Waals surface area (Å²) in [6, 6.07) is 6.21. The molecule has 1 aromatic rings. The fourth-order valence-corrected chi connectivity index (χ4v) is 4.41. The second kappa shape index (κ2) is 9.03. The van der Waals surface area contributed by atoms with Crippen LogP contribution in [0.4, 0.5) is 0 Å². The average Bonchev–Trinajstić information content (AvgIpc) is 3.20. The summed E-state index contributed by atoms with van der Waals surface area (Å²) in [6.07, 6.45) is 4.63. The summed E-state index contributed by atoms with van der Waals surface area (Å²) < 4.78 is 10.7. The predicted molar refractivity (Wildman–Crippen MR) is 109 cm³/mol. The van der Waals surface area contributed by atoms with Crippen molar-refractivity contribution in [3.05, 3.63) is 23.8 Å². The maximum Gasteiger partial charge on any atom is 0.236 e. The minimum absolute atomic E-state index is 0.179. The molecule has 29 heavy (non-hydrogen) atoms. The van der Waals surface area contributed by atoms with E-state index in [4.69, 9.17) is 9.47 Å². The van der Waals surface area contributed by atoms with Gasteiger partial charge in [-0.2, -0.15) is 0 Å². The lowest BCUT2D eigenvalue weighted by Crippen LogP contribution is -2.53. The van der Waals surface area contributed by atoms with Gasteiger partial charge in [0.25, 0.3) is 0 Å². The van der Waals surface area contributed by atoms with Crippen molar-refractivity contribution >= 4 is 11.8 Å². The lowest BCUT2D eigenvalue weighted by atomic mass is 10.0. The highest BCUT2D eigenvalue weighted by Crippen LogP contribution is 2.32. The Bertz CT molecular complexity index is 746. The van der Waals surface area contributed by atoms with Gasteiger partial charge in [-0.1, -0.05) is 6.07 Å². The van der Waals surface area contributed by atoms with Gasteiger partial charge in [0.05, 0.1) is 6.54 Å². The van der Waals surface area contributed by atoms with Gasteiger partial charge in [0.1, 0.15) is 0 Å². The van der Waals surface area contributed by atoms with E-state index in [0.29, 0.717) is 38.5 Å². The van der Waals surface area contributed by atoms with Crippen molar-refractivity contribution < 1.29 is 19.1 Å². The first-order valence-corrected chi connectivity index (χ1v) is 10.8. The van der Waals surface area contributed by atoms with E-state index in [-0.39, 0.29) is 18.6 Å². The predicted octanol–water partition coefficient (Wildman–Crippen LogP) is 1.89. The minimum Gasteiger partial charge on any atom is -0.454 e. The van der Waals surface area contributed by atoms with Crippen molar-refractivity contribution in [2.45, 2.75) is 45.1 Å². The van der Waals surface area contributed by atoms with Gasteiger partial charge in [-0.25, -0.2) is 0 Å². The third-order valence-corrected chi connectivity index (χ3v) is 6.27. The maximum atomic E-state index is 12.6. The van der Waals surface area contributed by atoms with Crippen molar-refractivity contribution in [1.29, 1.82) is 0 Å². The molecule has 0 bridgehead atoms. The van der Waals surface area contributed by atoms with E-state index in [1.807, 2.05) is 28.0 Å². The molecule has 7 nitrogen and oxygen atoms in total. The van der Waals surface area contributed by atoms with Gasteiger partial charge in [0.2, 0.25) is 18.6 Å². The molecule has 2 amide bonds. The Balaban J connectivity index is 1.20. The molecule has 0 radical (unpaired) electrons.